The minimum atomic E-state index is -0.241. The van der Waals surface area contributed by atoms with Crippen molar-refractivity contribution >= 4 is 22.1 Å². The Balaban J connectivity index is 1.55. The molecule has 0 aliphatic heterocycles. The van der Waals surface area contributed by atoms with Crippen LogP contribution < -0.4 is 10.5 Å². The standard InChI is InChI=1S/C25H21N3O2/c1-28(23(17-10-4-2-5-11-17)18-12-6-3-7-13-18)16-21-26-22-19-14-8-9-15-20(19)30-24(22)25(29)27-21/h2-15,23H,16H2,1H3,(H,26,27,29)/p+1. The van der Waals surface area contributed by atoms with Gasteiger partial charge in [0.25, 0.3) is 5.56 Å². The second-order valence-electron chi connectivity index (χ2n) is 7.57. The number of furan rings is 1. The van der Waals surface area contributed by atoms with Crippen molar-refractivity contribution in [1.29, 1.82) is 0 Å². The molecule has 1 atom stereocenters. The van der Waals surface area contributed by atoms with Crippen LogP contribution in [-0.4, -0.2) is 17.0 Å². The smallest absolute Gasteiger partial charge is 0.294 e. The number of hydrogen-bond acceptors (Lipinski definition) is 3. The number of nitrogens with zero attached hydrogens (tertiary/aromatic N) is 1. The second-order valence-corrected chi connectivity index (χ2v) is 7.57. The molecule has 5 aromatic rings. The van der Waals surface area contributed by atoms with Gasteiger partial charge in [0, 0.05) is 16.5 Å². The van der Waals surface area contributed by atoms with Crippen molar-refractivity contribution in [3.05, 3.63) is 112 Å². The molecule has 0 spiro atoms. The van der Waals surface area contributed by atoms with Gasteiger partial charge >= 0.3 is 0 Å². The lowest BCUT2D eigenvalue weighted by molar-refractivity contribution is -0.920. The average Bonchev–Trinajstić information content (AvgIpc) is 3.15. The SMILES string of the molecule is C[NH+](Cc1nc2c(oc3ccccc32)c(=O)[nH]1)C(c1ccccc1)c1ccccc1. The molecule has 5 rings (SSSR count). The van der Waals surface area contributed by atoms with E-state index in [1.165, 1.54) is 16.0 Å². The van der Waals surface area contributed by atoms with Crippen LogP contribution in [0.25, 0.3) is 22.1 Å². The Bertz CT molecular complexity index is 1320. The van der Waals surface area contributed by atoms with Crippen molar-refractivity contribution in [2.24, 2.45) is 0 Å². The molecule has 0 saturated carbocycles. The van der Waals surface area contributed by atoms with Gasteiger partial charge in [-0.2, -0.15) is 0 Å². The number of H-pyrrole nitrogens is 1. The number of aromatic amines is 1. The maximum absolute atomic E-state index is 12.7. The first-order valence-electron chi connectivity index (χ1n) is 10.0. The van der Waals surface area contributed by atoms with Crippen LogP contribution in [-0.2, 0) is 6.54 Å². The number of aromatic nitrogens is 2. The molecule has 1 unspecified atom stereocenters. The number of rotatable bonds is 5. The molecule has 0 fully saturated rings. The molecular weight excluding hydrogens is 374 g/mol. The van der Waals surface area contributed by atoms with Gasteiger partial charge in [0.1, 0.15) is 23.7 Å². The van der Waals surface area contributed by atoms with Gasteiger partial charge in [-0.15, -0.1) is 0 Å². The molecule has 30 heavy (non-hydrogen) atoms. The Morgan fingerprint density at radius 1 is 0.900 bits per heavy atom. The van der Waals surface area contributed by atoms with Gasteiger partial charge in [-0.1, -0.05) is 72.8 Å². The summed E-state index contributed by atoms with van der Waals surface area (Å²) in [4.78, 5) is 21.6. The summed E-state index contributed by atoms with van der Waals surface area (Å²) in [5.41, 5.74) is 3.77. The summed E-state index contributed by atoms with van der Waals surface area (Å²) in [6.07, 6.45) is 0. The van der Waals surface area contributed by atoms with Crippen molar-refractivity contribution in [3.63, 3.8) is 0 Å². The fourth-order valence-electron chi connectivity index (χ4n) is 4.15. The number of hydrogen-bond donors (Lipinski definition) is 2. The van der Waals surface area contributed by atoms with Gasteiger partial charge < -0.3 is 14.3 Å². The van der Waals surface area contributed by atoms with Crippen LogP contribution in [0.5, 0.6) is 0 Å². The fourth-order valence-corrected chi connectivity index (χ4v) is 4.15. The Labute approximate surface area is 173 Å². The van der Waals surface area contributed by atoms with Gasteiger partial charge in [-0.05, 0) is 12.1 Å². The number of benzene rings is 3. The summed E-state index contributed by atoms with van der Waals surface area (Å²) in [7, 11) is 2.13. The highest BCUT2D eigenvalue weighted by Gasteiger charge is 2.24. The molecular formula is C25H22N3O2+. The van der Waals surface area contributed by atoms with E-state index >= 15 is 0 Å². The summed E-state index contributed by atoms with van der Waals surface area (Å²) in [5.74, 6) is 0.647. The Hall–Kier alpha value is -3.70. The van der Waals surface area contributed by atoms with E-state index in [1.807, 2.05) is 36.4 Å². The summed E-state index contributed by atoms with van der Waals surface area (Å²) < 4.78 is 5.72. The molecule has 148 valence electrons. The number of para-hydroxylation sites is 1. The van der Waals surface area contributed by atoms with E-state index in [0.29, 0.717) is 23.5 Å². The van der Waals surface area contributed by atoms with Crippen LogP contribution in [0.15, 0.2) is 94.1 Å². The molecule has 5 nitrogen and oxygen atoms in total. The summed E-state index contributed by atoms with van der Waals surface area (Å²) >= 11 is 0. The lowest BCUT2D eigenvalue weighted by Crippen LogP contribution is -3.08. The van der Waals surface area contributed by atoms with E-state index in [1.54, 1.807) is 0 Å². The van der Waals surface area contributed by atoms with E-state index in [2.05, 4.69) is 60.6 Å². The van der Waals surface area contributed by atoms with Crippen LogP contribution in [0.4, 0.5) is 0 Å². The lowest BCUT2D eigenvalue weighted by Gasteiger charge is -2.25. The van der Waals surface area contributed by atoms with Crippen molar-refractivity contribution < 1.29 is 9.32 Å². The third-order valence-corrected chi connectivity index (χ3v) is 5.48. The monoisotopic (exact) mass is 396 g/mol. The molecule has 0 radical (unpaired) electrons. The summed E-state index contributed by atoms with van der Waals surface area (Å²) in [6.45, 7) is 0.569. The highest BCUT2D eigenvalue weighted by atomic mass is 16.3. The van der Waals surface area contributed by atoms with Crippen molar-refractivity contribution in [1.82, 2.24) is 9.97 Å². The fraction of sp³-hybridized carbons (Fsp3) is 0.120. The summed E-state index contributed by atoms with van der Waals surface area (Å²) in [5, 5.41) is 0.861. The van der Waals surface area contributed by atoms with Crippen molar-refractivity contribution in [3.8, 4) is 0 Å². The van der Waals surface area contributed by atoms with Crippen LogP contribution in [0.2, 0.25) is 0 Å². The third kappa shape index (κ3) is 3.29. The number of quaternary nitrogens is 1. The molecule has 0 aliphatic rings. The maximum atomic E-state index is 12.7. The molecule has 0 aliphatic carbocycles. The normalized spacial score (nSPS) is 12.6. The highest BCUT2D eigenvalue weighted by molar-refractivity contribution is 6.01. The van der Waals surface area contributed by atoms with Gasteiger partial charge in [-0.25, -0.2) is 4.98 Å². The second kappa shape index (κ2) is 7.61. The van der Waals surface area contributed by atoms with Crippen molar-refractivity contribution in [2.45, 2.75) is 12.6 Å². The number of fused-ring (bicyclic) bond motifs is 3. The highest BCUT2D eigenvalue weighted by Crippen LogP contribution is 2.24. The predicted octanol–water partition coefficient (Wildman–Crippen LogP) is 3.47. The van der Waals surface area contributed by atoms with Crippen LogP contribution >= 0.6 is 0 Å². The molecule has 0 amide bonds. The topological polar surface area (TPSA) is 63.3 Å². The molecule has 0 bridgehead atoms. The molecule has 2 heterocycles. The Morgan fingerprint density at radius 2 is 1.50 bits per heavy atom. The van der Waals surface area contributed by atoms with Gasteiger partial charge in [0.05, 0.1) is 7.05 Å². The zero-order chi connectivity index (χ0) is 20.5. The maximum Gasteiger partial charge on any atom is 0.294 e. The first kappa shape index (κ1) is 18.3. The Morgan fingerprint density at radius 3 is 2.17 bits per heavy atom. The molecule has 2 N–H and O–H groups in total. The lowest BCUT2D eigenvalue weighted by atomic mass is 9.97. The van der Waals surface area contributed by atoms with E-state index in [0.717, 1.165) is 5.39 Å². The third-order valence-electron chi connectivity index (χ3n) is 5.48. The number of nitrogens with one attached hydrogen (secondary N) is 2. The quantitative estimate of drug-likeness (QED) is 0.478. The van der Waals surface area contributed by atoms with E-state index in [4.69, 9.17) is 9.40 Å². The molecule has 2 aromatic heterocycles. The zero-order valence-electron chi connectivity index (χ0n) is 16.6. The first-order chi connectivity index (χ1) is 14.7. The minimum absolute atomic E-state index is 0.120. The first-order valence-corrected chi connectivity index (χ1v) is 10.0. The van der Waals surface area contributed by atoms with E-state index < -0.39 is 0 Å². The van der Waals surface area contributed by atoms with Crippen LogP contribution in [0, 0.1) is 0 Å². The van der Waals surface area contributed by atoms with E-state index in [9.17, 15) is 4.79 Å². The zero-order valence-corrected chi connectivity index (χ0v) is 16.6. The van der Waals surface area contributed by atoms with Gasteiger partial charge in [0.2, 0.25) is 5.58 Å². The van der Waals surface area contributed by atoms with E-state index in [-0.39, 0.29) is 17.2 Å². The van der Waals surface area contributed by atoms with Crippen LogP contribution in [0.3, 0.4) is 0 Å². The Kier molecular flexibility index (Phi) is 4.65. The average molecular weight is 396 g/mol. The largest absolute Gasteiger partial charge is 0.449 e. The molecule has 5 heteroatoms. The van der Waals surface area contributed by atoms with Gasteiger partial charge in [-0.3, -0.25) is 4.79 Å². The molecule has 3 aromatic carbocycles. The van der Waals surface area contributed by atoms with Crippen molar-refractivity contribution in [2.75, 3.05) is 7.05 Å². The minimum Gasteiger partial charge on any atom is -0.449 e. The van der Waals surface area contributed by atoms with Crippen LogP contribution in [0.1, 0.15) is 23.0 Å². The predicted molar refractivity (Wildman–Crippen MR) is 117 cm³/mol. The molecule has 0 saturated heterocycles. The summed E-state index contributed by atoms with van der Waals surface area (Å²) in [6, 6.07) is 28.6. The van der Waals surface area contributed by atoms with Gasteiger partial charge in [0.15, 0.2) is 5.82 Å².